The molecule has 5 nitrogen and oxygen atoms in total. The van der Waals surface area contributed by atoms with Crippen LogP contribution in [-0.4, -0.2) is 24.7 Å². The number of carbonyl (C=O) groups is 1. The van der Waals surface area contributed by atoms with Crippen LogP contribution in [0.1, 0.15) is 25.3 Å². The molecule has 1 aromatic carbocycles. The predicted octanol–water partition coefficient (Wildman–Crippen LogP) is 1.74. The van der Waals surface area contributed by atoms with E-state index in [1.165, 1.54) is 0 Å². The van der Waals surface area contributed by atoms with Crippen molar-refractivity contribution in [2.24, 2.45) is 0 Å². The third-order valence-corrected chi connectivity index (χ3v) is 3.85. The first-order valence-electron chi connectivity index (χ1n) is 6.66. The van der Waals surface area contributed by atoms with Crippen LogP contribution in [-0.2, 0) is 16.0 Å². The van der Waals surface area contributed by atoms with E-state index < -0.39 is 0 Å². The van der Waals surface area contributed by atoms with Crippen LogP contribution in [0.25, 0.3) is 0 Å². The number of carbonyl (C=O) groups excluding carboxylic acids is 1. The van der Waals surface area contributed by atoms with Gasteiger partial charge in [0.25, 0.3) is 0 Å². The summed E-state index contributed by atoms with van der Waals surface area (Å²) >= 11 is 0. The van der Waals surface area contributed by atoms with Gasteiger partial charge in [0.1, 0.15) is 0 Å². The fourth-order valence-corrected chi connectivity index (χ4v) is 2.71. The molecule has 0 radical (unpaired) electrons. The minimum atomic E-state index is -0.116. The van der Waals surface area contributed by atoms with Crippen molar-refractivity contribution < 1.29 is 9.53 Å². The van der Waals surface area contributed by atoms with Gasteiger partial charge in [-0.05, 0) is 37.5 Å². The first kappa shape index (κ1) is 12.3. The molecular weight excluding hydrogens is 242 g/mol. The Balaban J connectivity index is 1.75. The molecule has 0 aliphatic carbocycles. The molecule has 2 heterocycles. The van der Waals surface area contributed by atoms with Crippen LogP contribution in [0.2, 0.25) is 0 Å². The van der Waals surface area contributed by atoms with Crippen LogP contribution < -0.4 is 16.4 Å². The number of benzene rings is 1. The smallest absolute Gasteiger partial charge is 0.228 e. The number of anilines is 3. The Bertz CT molecular complexity index is 522. The third-order valence-electron chi connectivity index (χ3n) is 3.85. The lowest BCUT2D eigenvalue weighted by molar-refractivity contribution is -0.115. The highest BCUT2D eigenvalue weighted by Crippen LogP contribution is 2.32. The van der Waals surface area contributed by atoms with E-state index in [0.717, 1.165) is 42.9 Å². The first-order valence-corrected chi connectivity index (χ1v) is 6.66. The molecule has 0 spiro atoms. The molecule has 0 aromatic heterocycles. The monoisotopic (exact) mass is 261 g/mol. The van der Waals surface area contributed by atoms with Gasteiger partial charge in [0.2, 0.25) is 5.91 Å². The van der Waals surface area contributed by atoms with Gasteiger partial charge in [0.05, 0.1) is 23.4 Å². The summed E-state index contributed by atoms with van der Waals surface area (Å²) in [6.07, 6.45) is 2.58. The number of nitrogens with two attached hydrogens (primary N) is 1. The van der Waals surface area contributed by atoms with E-state index in [9.17, 15) is 4.79 Å². The van der Waals surface area contributed by atoms with Crippen LogP contribution in [0.4, 0.5) is 17.1 Å². The molecule has 3 rings (SSSR count). The SMILES string of the molecule is CC1(CNc2cc3c(cc2N)CC(=O)N3)CCCO1. The second kappa shape index (κ2) is 4.42. The van der Waals surface area contributed by atoms with E-state index in [-0.39, 0.29) is 11.5 Å². The number of amides is 1. The molecule has 2 aliphatic rings. The van der Waals surface area contributed by atoms with Crippen molar-refractivity contribution in [3.05, 3.63) is 17.7 Å². The van der Waals surface area contributed by atoms with Crippen molar-refractivity contribution in [1.82, 2.24) is 0 Å². The van der Waals surface area contributed by atoms with Gasteiger partial charge in [-0.15, -0.1) is 0 Å². The Morgan fingerprint density at radius 1 is 1.53 bits per heavy atom. The lowest BCUT2D eigenvalue weighted by Crippen LogP contribution is -2.32. The van der Waals surface area contributed by atoms with Gasteiger partial charge in [-0.1, -0.05) is 0 Å². The Labute approximate surface area is 112 Å². The molecule has 1 saturated heterocycles. The topological polar surface area (TPSA) is 76.4 Å². The molecule has 1 fully saturated rings. The molecular formula is C14H19N3O2. The van der Waals surface area contributed by atoms with E-state index >= 15 is 0 Å². The van der Waals surface area contributed by atoms with Gasteiger partial charge in [-0.25, -0.2) is 0 Å². The second-order valence-corrected chi connectivity index (χ2v) is 5.58. The van der Waals surface area contributed by atoms with Gasteiger partial charge in [-0.2, -0.15) is 0 Å². The molecule has 1 aromatic rings. The highest BCUT2D eigenvalue weighted by atomic mass is 16.5. The average Bonchev–Trinajstić information content (AvgIpc) is 2.92. The molecule has 1 unspecified atom stereocenters. The summed E-state index contributed by atoms with van der Waals surface area (Å²) in [6.45, 7) is 3.66. The predicted molar refractivity (Wildman–Crippen MR) is 75.3 cm³/mol. The van der Waals surface area contributed by atoms with Crippen LogP contribution in [0.5, 0.6) is 0 Å². The summed E-state index contributed by atoms with van der Waals surface area (Å²) in [7, 11) is 0. The zero-order valence-corrected chi connectivity index (χ0v) is 11.1. The fourth-order valence-electron chi connectivity index (χ4n) is 2.71. The molecule has 5 heteroatoms. The average molecular weight is 261 g/mol. The molecule has 4 N–H and O–H groups in total. The van der Waals surface area contributed by atoms with Crippen molar-refractivity contribution >= 4 is 23.0 Å². The normalized spacial score (nSPS) is 25.2. The van der Waals surface area contributed by atoms with Crippen molar-refractivity contribution in [2.45, 2.75) is 31.8 Å². The summed E-state index contributed by atoms with van der Waals surface area (Å²) in [5.41, 5.74) is 9.27. The summed E-state index contributed by atoms with van der Waals surface area (Å²) in [4.78, 5) is 11.3. The number of hydrogen-bond acceptors (Lipinski definition) is 4. The van der Waals surface area contributed by atoms with E-state index in [1.807, 2.05) is 12.1 Å². The summed E-state index contributed by atoms with van der Waals surface area (Å²) in [5, 5.41) is 6.18. The van der Waals surface area contributed by atoms with Gasteiger partial charge in [-0.3, -0.25) is 4.79 Å². The molecule has 0 bridgehead atoms. The first-order chi connectivity index (χ1) is 9.06. The van der Waals surface area contributed by atoms with Crippen molar-refractivity contribution in [2.75, 3.05) is 29.5 Å². The lowest BCUT2D eigenvalue weighted by atomic mass is 10.0. The van der Waals surface area contributed by atoms with Gasteiger partial charge >= 0.3 is 0 Å². The van der Waals surface area contributed by atoms with Crippen molar-refractivity contribution in [3.8, 4) is 0 Å². The number of nitrogen functional groups attached to an aromatic ring is 1. The molecule has 1 atom stereocenters. The number of nitrogens with one attached hydrogen (secondary N) is 2. The minimum Gasteiger partial charge on any atom is -0.397 e. The van der Waals surface area contributed by atoms with Crippen molar-refractivity contribution in [1.29, 1.82) is 0 Å². The molecule has 0 saturated carbocycles. The molecule has 19 heavy (non-hydrogen) atoms. The van der Waals surface area contributed by atoms with E-state index in [1.54, 1.807) is 0 Å². The lowest BCUT2D eigenvalue weighted by Gasteiger charge is -2.24. The van der Waals surface area contributed by atoms with Gasteiger partial charge in [0.15, 0.2) is 0 Å². The van der Waals surface area contributed by atoms with Crippen LogP contribution in [0.15, 0.2) is 12.1 Å². The number of hydrogen-bond donors (Lipinski definition) is 3. The Morgan fingerprint density at radius 2 is 2.37 bits per heavy atom. The van der Waals surface area contributed by atoms with Crippen LogP contribution in [0, 0.1) is 0 Å². The zero-order valence-electron chi connectivity index (χ0n) is 11.1. The number of rotatable bonds is 3. The second-order valence-electron chi connectivity index (χ2n) is 5.58. The van der Waals surface area contributed by atoms with Gasteiger partial charge < -0.3 is 21.1 Å². The molecule has 102 valence electrons. The summed E-state index contributed by atoms with van der Waals surface area (Å²) in [6, 6.07) is 3.78. The largest absolute Gasteiger partial charge is 0.397 e. The number of fused-ring (bicyclic) bond motifs is 1. The standard InChI is InChI=1S/C14H19N3O2/c1-14(3-2-4-19-14)8-16-12-7-11-9(5-10(12)15)6-13(18)17-11/h5,7,16H,2-4,6,8,15H2,1H3,(H,17,18). The molecule has 1 amide bonds. The number of ether oxygens (including phenoxy) is 1. The third kappa shape index (κ3) is 2.38. The fraction of sp³-hybridized carbons (Fsp3) is 0.500. The van der Waals surface area contributed by atoms with E-state index in [4.69, 9.17) is 10.5 Å². The zero-order chi connectivity index (χ0) is 13.5. The highest BCUT2D eigenvalue weighted by Gasteiger charge is 2.29. The Morgan fingerprint density at radius 3 is 3.11 bits per heavy atom. The molecule has 2 aliphatic heterocycles. The quantitative estimate of drug-likeness (QED) is 0.724. The maximum atomic E-state index is 11.3. The van der Waals surface area contributed by atoms with E-state index in [0.29, 0.717) is 12.1 Å². The van der Waals surface area contributed by atoms with E-state index in [2.05, 4.69) is 17.6 Å². The maximum Gasteiger partial charge on any atom is 0.228 e. The van der Waals surface area contributed by atoms with Crippen LogP contribution >= 0.6 is 0 Å². The Hall–Kier alpha value is -1.75. The van der Waals surface area contributed by atoms with Gasteiger partial charge in [0, 0.05) is 18.8 Å². The van der Waals surface area contributed by atoms with Crippen LogP contribution in [0.3, 0.4) is 0 Å². The summed E-state index contributed by atoms with van der Waals surface area (Å²) < 4.78 is 5.74. The minimum absolute atomic E-state index is 0.0256. The summed E-state index contributed by atoms with van der Waals surface area (Å²) in [5.74, 6) is 0.0256. The maximum absolute atomic E-state index is 11.3. The van der Waals surface area contributed by atoms with Crippen molar-refractivity contribution in [3.63, 3.8) is 0 Å². The highest BCUT2D eigenvalue weighted by molar-refractivity contribution is 6.00. The Kier molecular flexibility index (Phi) is 2.86.